The number of amides is 3. The third-order valence-corrected chi connectivity index (χ3v) is 4.62. The maximum absolute atomic E-state index is 12.4. The molecule has 1 aromatic carbocycles. The van der Waals surface area contributed by atoms with Gasteiger partial charge in [0.25, 0.3) is 0 Å². The van der Waals surface area contributed by atoms with Crippen LogP contribution in [0.3, 0.4) is 0 Å². The van der Waals surface area contributed by atoms with Crippen molar-refractivity contribution in [3.63, 3.8) is 0 Å². The van der Waals surface area contributed by atoms with E-state index in [1.807, 2.05) is 13.8 Å². The lowest BCUT2D eigenvalue weighted by atomic mass is 10.0. The van der Waals surface area contributed by atoms with Crippen LogP contribution in [-0.4, -0.2) is 69.8 Å². The van der Waals surface area contributed by atoms with E-state index in [1.165, 1.54) is 31.2 Å². The van der Waals surface area contributed by atoms with Gasteiger partial charge in [-0.3, -0.25) is 14.4 Å². The van der Waals surface area contributed by atoms with Gasteiger partial charge < -0.3 is 37.0 Å². The summed E-state index contributed by atoms with van der Waals surface area (Å²) in [7, 11) is 0. The van der Waals surface area contributed by atoms with Gasteiger partial charge in [-0.1, -0.05) is 26.0 Å². The number of carbonyl (C=O) groups excluding carboxylic acids is 3. The molecule has 0 aliphatic heterocycles. The van der Waals surface area contributed by atoms with Crippen molar-refractivity contribution in [3.8, 4) is 5.75 Å². The number of benzene rings is 1. The summed E-state index contributed by atoms with van der Waals surface area (Å²) in [6.45, 7) is 4.42. The Balaban J connectivity index is 2.70. The summed E-state index contributed by atoms with van der Waals surface area (Å²) >= 11 is 0. The first kappa shape index (κ1) is 26.9. The van der Waals surface area contributed by atoms with Crippen LogP contribution in [0, 0.1) is 5.92 Å². The van der Waals surface area contributed by atoms with E-state index < -0.39 is 54.5 Å². The first-order valence-electron chi connectivity index (χ1n) is 10.2. The van der Waals surface area contributed by atoms with Crippen molar-refractivity contribution in [1.82, 2.24) is 16.0 Å². The lowest BCUT2D eigenvalue weighted by molar-refractivity contribution is -0.142. The van der Waals surface area contributed by atoms with Gasteiger partial charge in [0, 0.05) is 6.42 Å². The van der Waals surface area contributed by atoms with Crippen LogP contribution in [0.2, 0.25) is 0 Å². The Morgan fingerprint density at radius 1 is 0.906 bits per heavy atom. The number of carboxylic acid groups (broad SMARTS) is 1. The number of carbonyl (C=O) groups is 4. The number of aromatic hydroxyl groups is 1. The molecule has 0 heterocycles. The number of aliphatic hydroxyl groups excluding tert-OH is 1. The number of rotatable bonds is 12. The van der Waals surface area contributed by atoms with E-state index in [1.54, 1.807) is 0 Å². The number of nitrogens with one attached hydrogen (secondary N) is 3. The Morgan fingerprint density at radius 2 is 1.47 bits per heavy atom. The number of nitrogens with two attached hydrogens (primary N) is 1. The zero-order valence-electron chi connectivity index (χ0n) is 18.4. The first-order valence-corrected chi connectivity index (χ1v) is 10.2. The molecule has 32 heavy (non-hydrogen) atoms. The fourth-order valence-corrected chi connectivity index (χ4v) is 2.83. The SMILES string of the molecule is CC(C)CC(N)C(=O)NC(C)C(=O)NC(CO)C(=O)NC(Cc1ccc(O)cc1)C(=O)O. The van der Waals surface area contributed by atoms with Gasteiger partial charge in [-0.15, -0.1) is 0 Å². The van der Waals surface area contributed by atoms with Crippen LogP contribution in [0.15, 0.2) is 24.3 Å². The van der Waals surface area contributed by atoms with Crippen molar-refractivity contribution in [2.45, 2.75) is 57.8 Å². The Kier molecular flexibility index (Phi) is 10.6. The molecule has 0 fully saturated rings. The molecule has 11 heteroatoms. The Morgan fingerprint density at radius 3 is 1.97 bits per heavy atom. The van der Waals surface area contributed by atoms with Crippen molar-refractivity contribution in [2.75, 3.05) is 6.61 Å². The van der Waals surface area contributed by atoms with Crippen molar-refractivity contribution in [2.24, 2.45) is 11.7 Å². The fourth-order valence-electron chi connectivity index (χ4n) is 2.83. The predicted octanol–water partition coefficient (Wildman–Crippen LogP) is -1.14. The molecule has 0 aliphatic carbocycles. The van der Waals surface area contributed by atoms with Crippen LogP contribution < -0.4 is 21.7 Å². The molecule has 178 valence electrons. The largest absolute Gasteiger partial charge is 0.508 e. The Bertz CT molecular complexity index is 798. The number of hydrogen-bond donors (Lipinski definition) is 7. The van der Waals surface area contributed by atoms with Gasteiger partial charge in [0.1, 0.15) is 23.9 Å². The number of phenols is 1. The second-order valence-electron chi connectivity index (χ2n) is 7.98. The summed E-state index contributed by atoms with van der Waals surface area (Å²) in [5.74, 6) is -3.28. The number of aliphatic carboxylic acids is 1. The number of carboxylic acids is 1. The molecular formula is C21H32N4O7. The van der Waals surface area contributed by atoms with Gasteiger partial charge in [0.2, 0.25) is 17.7 Å². The van der Waals surface area contributed by atoms with E-state index in [2.05, 4.69) is 16.0 Å². The van der Waals surface area contributed by atoms with E-state index in [4.69, 9.17) is 5.73 Å². The average molecular weight is 453 g/mol. The highest BCUT2D eigenvalue weighted by Crippen LogP contribution is 2.11. The van der Waals surface area contributed by atoms with Gasteiger partial charge in [0.15, 0.2) is 0 Å². The first-order chi connectivity index (χ1) is 14.9. The standard InChI is InChI=1S/C21H32N4O7/c1-11(2)8-15(22)19(29)23-12(3)18(28)25-17(10-26)20(30)24-16(21(31)32)9-13-4-6-14(27)7-5-13/h4-7,11-12,15-17,26-27H,8-10,22H2,1-3H3,(H,23,29)(H,24,30)(H,25,28)(H,31,32). The molecule has 0 saturated carbocycles. The van der Waals surface area contributed by atoms with Crippen LogP contribution in [0.1, 0.15) is 32.8 Å². The highest BCUT2D eigenvalue weighted by molar-refractivity contribution is 5.94. The fraction of sp³-hybridized carbons (Fsp3) is 0.524. The second-order valence-corrected chi connectivity index (χ2v) is 7.98. The van der Waals surface area contributed by atoms with Crippen LogP contribution in [0.5, 0.6) is 5.75 Å². The summed E-state index contributed by atoms with van der Waals surface area (Å²) in [5.41, 5.74) is 6.33. The molecule has 11 nitrogen and oxygen atoms in total. The minimum atomic E-state index is -1.42. The third kappa shape index (κ3) is 8.90. The van der Waals surface area contributed by atoms with Gasteiger partial charge in [-0.2, -0.15) is 0 Å². The van der Waals surface area contributed by atoms with Crippen molar-refractivity contribution >= 4 is 23.7 Å². The van der Waals surface area contributed by atoms with Crippen LogP contribution in [0.4, 0.5) is 0 Å². The number of phenolic OH excluding ortho intramolecular Hbond substituents is 1. The highest BCUT2D eigenvalue weighted by atomic mass is 16.4. The Hall–Kier alpha value is -3.18. The zero-order valence-corrected chi connectivity index (χ0v) is 18.4. The van der Waals surface area contributed by atoms with Gasteiger partial charge in [-0.05, 0) is 37.0 Å². The van der Waals surface area contributed by atoms with E-state index in [-0.39, 0.29) is 18.1 Å². The van der Waals surface area contributed by atoms with Gasteiger partial charge in [0.05, 0.1) is 12.6 Å². The molecule has 1 rings (SSSR count). The second kappa shape index (κ2) is 12.6. The molecule has 0 radical (unpaired) electrons. The quantitative estimate of drug-likeness (QED) is 0.207. The molecule has 8 N–H and O–H groups in total. The Labute approximate surface area is 186 Å². The van der Waals surface area contributed by atoms with Gasteiger partial charge in [-0.25, -0.2) is 4.79 Å². The van der Waals surface area contributed by atoms with Crippen LogP contribution >= 0.6 is 0 Å². The van der Waals surface area contributed by atoms with Gasteiger partial charge >= 0.3 is 5.97 Å². The molecule has 3 amide bonds. The average Bonchev–Trinajstić information content (AvgIpc) is 2.71. The summed E-state index contributed by atoms with van der Waals surface area (Å²) in [6.07, 6.45) is 0.354. The normalized spacial score (nSPS) is 14.7. The maximum Gasteiger partial charge on any atom is 0.326 e. The smallest absolute Gasteiger partial charge is 0.326 e. The van der Waals surface area contributed by atoms with Crippen LogP contribution in [-0.2, 0) is 25.6 Å². The lowest BCUT2D eigenvalue weighted by Crippen LogP contribution is -2.57. The molecule has 4 atom stereocenters. The molecule has 0 aliphatic rings. The molecule has 0 spiro atoms. The van der Waals surface area contributed by atoms with E-state index >= 15 is 0 Å². The maximum atomic E-state index is 12.4. The molecule has 0 saturated heterocycles. The summed E-state index contributed by atoms with van der Waals surface area (Å²) in [5, 5.41) is 35.2. The highest BCUT2D eigenvalue weighted by Gasteiger charge is 2.28. The molecule has 0 bridgehead atoms. The predicted molar refractivity (Wildman–Crippen MR) is 115 cm³/mol. The molecular weight excluding hydrogens is 420 g/mol. The van der Waals surface area contributed by atoms with E-state index in [0.717, 1.165) is 0 Å². The monoisotopic (exact) mass is 452 g/mol. The lowest BCUT2D eigenvalue weighted by Gasteiger charge is -2.23. The van der Waals surface area contributed by atoms with Crippen molar-refractivity contribution in [3.05, 3.63) is 29.8 Å². The third-order valence-electron chi connectivity index (χ3n) is 4.62. The van der Waals surface area contributed by atoms with E-state index in [0.29, 0.717) is 12.0 Å². The van der Waals surface area contributed by atoms with E-state index in [9.17, 15) is 34.5 Å². The number of aliphatic hydroxyl groups is 1. The van der Waals surface area contributed by atoms with Crippen molar-refractivity contribution in [1.29, 1.82) is 0 Å². The molecule has 1 aromatic rings. The zero-order chi connectivity index (χ0) is 24.4. The summed E-state index contributed by atoms with van der Waals surface area (Å²) < 4.78 is 0. The summed E-state index contributed by atoms with van der Waals surface area (Å²) in [4.78, 5) is 48.4. The molecule has 0 aromatic heterocycles. The minimum Gasteiger partial charge on any atom is -0.508 e. The topological polar surface area (TPSA) is 191 Å². The minimum absolute atomic E-state index is 0.0130. The summed E-state index contributed by atoms with van der Waals surface area (Å²) in [6, 6.07) is 1.21. The van der Waals surface area contributed by atoms with Crippen LogP contribution in [0.25, 0.3) is 0 Å². The number of hydrogen-bond acceptors (Lipinski definition) is 7. The molecule has 4 unspecified atom stereocenters. The van der Waals surface area contributed by atoms with Crippen molar-refractivity contribution < 1.29 is 34.5 Å².